The van der Waals surface area contributed by atoms with Gasteiger partial charge < -0.3 is 5.32 Å². The van der Waals surface area contributed by atoms with E-state index >= 15 is 0 Å². The minimum absolute atomic E-state index is 0.431. The lowest BCUT2D eigenvalue weighted by Crippen LogP contribution is -2.22. The molecular weight excluding hydrogens is 320 g/mol. The average molecular weight is 341 g/mol. The smallest absolute Gasteiger partial charge is 0.164 e. The molecule has 0 aromatic carbocycles. The average Bonchev–Trinajstić information content (AvgIpc) is 2.96. The highest BCUT2D eigenvalue weighted by Gasteiger charge is 2.13. The lowest BCUT2D eigenvalue weighted by molar-refractivity contribution is 0.560. The maximum Gasteiger partial charge on any atom is 0.164 e. The van der Waals surface area contributed by atoms with Gasteiger partial charge in [0.25, 0.3) is 0 Å². The number of rotatable bonds is 6. The Morgan fingerprint density at radius 1 is 1.35 bits per heavy atom. The van der Waals surface area contributed by atoms with E-state index in [2.05, 4.69) is 57.2 Å². The van der Waals surface area contributed by atoms with Gasteiger partial charge in [-0.15, -0.1) is 0 Å². The molecule has 2 aromatic heterocycles. The molecule has 0 amide bonds. The van der Waals surface area contributed by atoms with Crippen LogP contribution in [0.25, 0.3) is 0 Å². The summed E-state index contributed by atoms with van der Waals surface area (Å²) in [5.74, 6) is 0.813. The Bertz CT molecular complexity index is 571. The lowest BCUT2D eigenvalue weighted by atomic mass is 10.3. The highest BCUT2D eigenvalue weighted by molar-refractivity contribution is 9.10. The monoisotopic (exact) mass is 340 g/mol. The van der Waals surface area contributed by atoms with Crippen molar-refractivity contribution in [1.29, 1.82) is 0 Å². The van der Waals surface area contributed by atoms with E-state index in [1.165, 1.54) is 0 Å². The number of hydrogen-bond donors (Lipinski definition) is 1. The van der Waals surface area contributed by atoms with E-state index in [0.717, 1.165) is 28.1 Å². The molecule has 2 heterocycles. The van der Waals surface area contributed by atoms with Crippen molar-refractivity contribution in [1.82, 2.24) is 29.9 Å². The van der Waals surface area contributed by atoms with Crippen LogP contribution in [0.5, 0.6) is 0 Å². The van der Waals surface area contributed by atoms with Crippen molar-refractivity contribution in [3.8, 4) is 0 Å². The summed E-state index contributed by atoms with van der Waals surface area (Å²) in [5, 5.41) is 12.3. The highest BCUT2D eigenvalue weighted by Crippen LogP contribution is 2.22. The predicted molar refractivity (Wildman–Crippen MR) is 81.4 cm³/mol. The molecule has 0 unspecified atom stereocenters. The van der Waals surface area contributed by atoms with Crippen molar-refractivity contribution in [3.05, 3.63) is 28.0 Å². The summed E-state index contributed by atoms with van der Waals surface area (Å²) in [6.45, 7) is 7.67. The maximum absolute atomic E-state index is 4.49. The van der Waals surface area contributed by atoms with E-state index < -0.39 is 0 Å². The molecule has 20 heavy (non-hydrogen) atoms. The van der Waals surface area contributed by atoms with E-state index in [9.17, 15) is 0 Å². The Morgan fingerprint density at radius 2 is 2.10 bits per heavy atom. The van der Waals surface area contributed by atoms with Crippen molar-refractivity contribution in [2.45, 2.75) is 46.3 Å². The van der Waals surface area contributed by atoms with Gasteiger partial charge in [-0.05, 0) is 22.4 Å². The molecule has 0 fully saturated rings. The standard InChI is InChI=1S/C13H21BrN6/c1-5-10-13(14)11(19(4)17-10)7-20-8-16-12(18-20)6-15-9(2)3/h8-9,15H,5-7H2,1-4H3. The highest BCUT2D eigenvalue weighted by atomic mass is 79.9. The first-order valence-corrected chi connectivity index (χ1v) is 7.62. The molecule has 6 nitrogen and oxygen atoms in total. The molecule has 0 atom stereocenters. The predicted octanol–water partition coefficient (Wildman–Crippen LogP) is 1.88. The third kappa shape index (κ3) is 3.46. The second kappa shape index (κ2) is 6.49. The van der Waals surface area contributed by atoms with Gasteiger partial charge in [0.2, 0.25) is 0 Å². The molecule has 110 valence electrons. The Morgan fingerprint density at radius 3 is 2.70 bits per heavy atom. The quantitative estimate of drug-likeness (QED) is 0.872. The third-order valence-corrected chi connectivity index (χ3v) is 3.98. The second-order valence-electron chi connectivity index (χ2n) is 5.08. The molecule has 0 spiro atoms. The first-order chi connectivity index (χ1) is 9.51. The van der Waals surface area contributed by atoms with E-state index in [4.69, 9.17) is 0 Å². The largest absolute Gasteiger partial charge is 0.308 e. The van der Waals surface area contributed by atoms with Gasteiger partial charge in [-0.1, -0.05) is 20.8 Å². The second-order valence-corrected chi connectivity index (χ2v) is 5.87. The van der Waals surface area contributed by atoms with Crippen LogP contribution in [0.3, 0.4) is 0 Å². The van der Waals surface area contributed by atoms with Crippen molar-refractivity contribution in [2.75, 3.05) is 0 Å². The molecular formula is C13H21BrN6. The number of aryl methyl sites for hydroxylation is 2. The van der Waals surface area contributed by atoms with E-state index in [1.807, 2.05) is 16.4 Å². The summed E-state index contributed by atoms with van der Waals surface area (Å²) >= 11 is 3.62. The van der Waals surface area contributed by atoms with Crippen molar-refractivity contribution < 1.29 is 0 Å². The summed E-state index contributed by atoms with van der Waals surface area (Å²) in [6, 6.07) is 0.431. The number of hydrogen-bond acceptors (Lipinski definition) is 4. The summed E-state index contributed by atoms with van der Waals surface area (Å²) in [6.07, 6.45) is 2.68. The molecule has 0 aliphatic heterocycles. The van der Waals surface area contributed by atoms with Crippen LogP contribution in [0.2, 0.25) is 0 Å². The van der Waals surface area contributed by atoms with Crippen molar-refractivity contribution in [2.24, 2.45) is 7.05 Å². The fraction of sp³-hybridized carbons (Fsp3) is 0.615. The molecule has 7 heteroatoms. The minimum Gasteiger partial charge on any atom is -0.308 e. The summed E-state index contributed by atoms with van der Waals surface area (Å²) in [7, 11) is 1.96. The van der Waals surface area contributed by atoms with Gasteiger partial charge in [0.05, 0.1) is 29.0 Å². The Balaban J connectivity index is 2.09. The van der Waals surface area contributed by atoms with Crippen LogP contribution in [-0.2, 0) is 26.6 Å². The van der Waals surface area contributed by atoms with Gasteiger partial charge in [0.15, 0.2) is 5.82 Å². The molecule has 0 bridgehead atoms. The zero-order chi connectivity index (χ0) is 14.7. The van der Waals surface area contributed by atoms with Crippen LogP contribution in [0.1, 0.15) is 38.0 Å². The van der Waals surface area contributed by atoms with E-state index in [0.29, 0.717) is 19.1 Å². The lowest BCUT2D eigenvalue weighted by Gasteiger charge is -2.04. The first kappa shape index (κ1) is 15.2. The normalized spacial score (nSPS) is 11.5. The van der Waals surface area contributed by atoms with Gasteiger partial charge in [0, 0.05) is 13.1 Å². The first-order valence-electron chi connectivity index (χ1n) is 6.83. The zero-order valence-corrected chi connectivity index (χ0v) is 14.0. The Kier molecular flexibility index (Phi) is 4.93. The number of nitrogens with one attached hydrogen (secondary N) is 1. The fourth-order valence-corrected chi connectivity index (χ4v) is 2.67. The Hall–Kier alpha value is -1.21. The molecule has 0 aliphatic carbocycles. The van der Waals surface area contributed by atoms with Gasteiger partial charge in [-0.2, -0.15) is 10.2 Å². The number of halogens is 1. The third-order valence-electron chi connectivity index (χ3n) is 3.07. The van der Waals surface area contributed by atoms with Gasteiger partial charge >= 0.3 is 0 Å². The van der Waals surface area contributed by atoms with Gasteiger partial charge in [-0.3, -0.25) is 4.68 Å². The minimum atomic E-state index is 0.431. The van der Waals surface area contributed by atoms with Crippen LogP contribution in [-0.4, -0.2) is 30.6 Å². The molecule has 0 saturated heterocycles. The molecule has 2 rings (SSSR count). The van der Waals surface area contributed by atoms with Gasteiger partial charge in [0.1, 0.15) is 6.33 Å². The van der Waals surface area contributed by atoms with Crippen LogP contribution < -0.4 is 5.32 Å². The van der Waals surface area contributed by atoms with Crippen LogP contribution in [0, 0.1) is 0 Å². The zero-order valence-electron chi connectivity index (χ0n) is 12.4. The van der Waals surface area contributed by atoms with Gasteiger partial charge in [-0.25, -0.2) is 9.67 Å². The van der Waals surface area contributed by atoms with E-state index in [-0.39, 0.29) is 0 Å². The molecule has 0 saturated carbocycles. The van der Waals surface area contributed by atoms with Crippen LogP contribution in [0.4, 0.5) is 0 Å². The molecule has 0 aliphatic rings. The Labute approximate surface area is 127 Å². The molecule has 2 aromatic rings. The van der Waals surface area contributed by atoms with Crippen LogP contribution >= 0.6 is 15.9 Å². The van der Waals surface area contributed by atoms with E-state index in [1.54, 1.807) is 6.33 Å². The fourth-order valence-electron chi connectivity index (χ4n) is 1.93. The van der Waals surface area contributed by atoms with Crippen molar-refractivity contribution in [3.63, 3.8) is 0 Å². The maximum atomic E-state index is 4.49. The topological polar surface area (TPSA) is 60.6 Å². The molecule has 1 N–H and O–H groups in total. The SMILES string of the molecule is CCc1nn(C)c(Cn2cnc(CNC(C)C)n2)c1Br. The van der Waals surface area contributed by atoms with Crippen LogP contribution in [0.15, 0.2) is 10.8 Å². The number of nitrogens with zero attached hydrogens (tertiary/aromatic N) is 5. The van der Waals surface area contributed by atoms with Crippen molar-refractivity contribution >= 4 is 15.9 Å². The summed E-state index contributed by atoms with van der Waals surface area (Å²) < 4.78 is 4.81. The summed E-state index contributed by atoms with van der Waals surface area (Å²) in [4.78, 5) is 4.31. The molecule has 0 radical (unpaired) electrons. The number of aromatic nitrogens is 5. The summed E-state index contributed by atoms with van der Waals surface area (Å²) in [5.41, 5.74) is 2.18.